The molecule has 0 aromatic heterocycles. The van der Waals surface area contributed by atoms with Crippen molar-refractivity contribution in [3.63, 3.8) is 0 Å². The molecular formula is C38H54N4O6. The quantitative estimate of drug-likeness (QED) is 0.239. The van der Waals surface area contributed by atoms with Crippen LogP contribution in [-0.2, 0) is 28.7 Å². The number of carbonyl (C=O) groups is 4. The van der Waals surface area contributed by atoms with E-state index >= 15 is 0 Å². The maximum atomic E-state index is 13.9. The highest BCUT2D eigenvalue weighted by atomic mass is 16.6. The van der Waals surface area contributed by atoms with Crippen LogP contribution in [0.5, 0.6) is 0 Å². The van der Waals surface area contributed by atoms with Gasteiger partial charge in [0.15, 0.2) is 11.2 Å². The second-order valence-corrected chi connectivity index (χ2v) is 15.9. The van der Waals surface area contributed by atoms with E-state index in [9.17, 15) is 19.2 Å². The van der Waals surface area contributed by atoms with E-state index in [2.05, 4.69) is 33.4 Å². The third kappa shape index (κ3) is 5.01. The molecule has 48 heavy (non-hydrogen) atoms. The van der Waals surface area contributed by atoms with Crippen LogP contribution >= 0.6 is 0 Å². The van der Waals surface area contributed by atoms with Crippen LogP contribution in [-0.4, -0.2) is 117 Å². The number of hydrogen-bond donors (Lipinski definition) is 0. The average molecular weight is 663 g/mol. The highest BCUT2D eigenvalue weighted by Gasteiger charge is 2.66. The number of rotatable bonds is 11. The number of carbonyl (C=O) groups excluding carboxylic acids is 4. The molecule has 2 spiro atoms. The number of amides is 2. The standard InChI is InChI=1S/C38H54N4O6/c1-3-15-41(27-19-25-21-35(45)47-37(25)23-29(27)39-17-9-7-11-31(37)39)33(43)13-5-6-14-34(44)42(16-4-2)28-20-26-22-36(46)48-38(26)24-30(28)40-18-10-8-12-32(38)40/h21-22,27-32H,3-20,23-24H2,1-2H3/t27-,28+,29-,30-,31+,32+,37-,38-/m0/s1. The fraction of sp³-hybridized carbons (Fsp3) is 0.789. The molecule has 0 aromatic rings. The van der Waals surface area contributed by atoms with E-state index in [-0.39, 0.29) is 60.0 Å². The fourth-order valence-corrected chi connectivity index (χ4v) is 11.6. The van der Waals surface area contributed by atoms with E-state index in [1.165, 1.54) is 0 Å². The molecule has 0 aromatic carbocycles. The lowest BCUT2D eigenvalue weighted by Gasteiger charge is -2.42. The molecule has 262 valence electrons. The summed E-state index contributed by atoms with van der Waals surface area (Å²) in [5.74, 6) is -0.0980. The van der Waals surface area contributed by atoms with Crippen LogP contribution in [0.1, 0.15) is 117 Å². The summed E-state index contributed by atoms with van der Waals surface area (Å²) >= 11 is 0. The SMILES string of the molecule is CCCN(C(=O)CCCCC(=O)N(CCC)[C@H]1CC2=CC(=O)O[C@@]23C[C@@H]1N1CCCC[C@@H]13)[C@@H]1CC2=CC(=O)O[C@@]23C[C@@H]1N1CCCC[C@@H]13. The van der Waals surface area contributed by atoms with Gasteiger partial charge in [0.2, 0.25) is 11.8 Å². The molecule has 0 radical (unpaired) electrons. The largest absolute Gasteiger partial charge is 0.450 e. The molecule has 2 saturated carbocycles. The molecule has 0 N–H and O–H groups in total. The number of piperidine rings is 2. The molecule has 4 bridgehead atoms. The Morgan fingerprint density at radius 1 is 0.729 bits per heavy atom. The Morgan fingerprint density at radius 2 is 1.17 bits per heavy atom. The summed E-state index contributed by atoms with van der Waals surface area (Å²) < 4.78 is 12.1. The lowest BCUT2D eigenvalue weighted by Crippen LogP contribution is -2.54. The lowest BCUT2D eigenvalue weighted by atomic mass is 9.75. The number of hydrogen-bond acceptors (Lipinski definition) is 8. The van der Waals surface area contributed by atoms with Gasteiger partial charge in [0, 0.05) is 63.0 Å². The Balaban J connectivity index is 0.916. The van der Waals surface area contributed by atoms with Gasteiger partial charge in [0.1, 0.15) is 0 Å². The minimum absolute atomic E-state index is 0.0558. The predicted octanol–water partition coefficient (Wildman–Crippen LogP) is 4.27. The van der Waals surface area contributed by atoms with Crippen LogP contribution in [0.4, 0.5) is 0 Å². The van der Waals surface area contributed by atoms with E-state index < -0.39 is 11.2 Å². The van der Waals surface area contributed by atoms with Crippen LogP contribution in [0.2, 0.25) is 0 Å². The van der Waals surface area contributed by atoms with Gasteiger partial charge < -0.3 is 19.3 Å². The van der Waals surface area contributed by atoms with E-state index in [4.69, 9.17) is 9.47 Å². The predicted molar refractivity (Wildman–Crippen MR) is 179 cm³/mol. The van der Waals surface area contributed by atoms with Crippen LogP contribution < -0.4 is 0 Å². The maximum Gasteiger partial charge on any atom is 0.331 e. The van der Waals surface area contributed by atoms with Gasteiger partial charge in [-0.3, -0.25) is 19.4 Å². The molecule has 10 nitrogen and oxygen atoms in total. The van der Waals surface area contributed by atoms with Crippen LogP contribution in [0.25, 0.3) is 0 Å². The zero-order chi connectivity index (χ0) is 33.2. The van der Waals surface area contributed by atoms with Crippen molar-refractivity contribution in [2.24, 2.45) is 0 Å². The highest BCUT2D eigenvalue weighted by molar-refractivity contribution is 5.88. The Bertz CT molecular complexity index is 1310. The summed E-state index contributed by atoms with van der Waals surface area (Å²) in [4.78, 5) is 62.3. The van der Waals surface area contributed by atoms with Gasteiger partial charge >= 0.3 is 11.9 Å². The number of nitrogens with zero attached hydrogens (tertiary/aromatic N) is 4. The third-order valence-corrected chi connectivity index (χ3v) is 13.4. The fourth-order valence-electron chi connectivity index (χ4n) is 11.6. The van der Waals surface area contributed by atoms with Gasteiger partial charge in [-0.05, 0) is 88.4 Å². The zero-order valence-electron chi connectivity index (χ0n) is 29.0. The van der Waals surface area contributed by atoms with Gasteiger partial charge in [-0.1, -0.05) is 26.7 Å². The van der Waals surface area contributed by atoms with Gasteiger partial charge in [0.25, 0.3) is 0 Å². The van der Waals surface area contributed by atoms with E-state index in [0.717, 1.165) is 88.4 Å². The van der Waals surface area contributed by atoms with Gasteiger partial charge in [0.05, 0.1) is 24.2 Å². The zero-order valence-corrected chi connectivity index (χ0v) is 29.0. The number of ether oxygens (including phenoxy) is 2. The molecule has 2 aliphatic carbocycles. The Morgan fingerprint density at radius 3 is 1.58 bits per heavy atom. The minimum atomic E-state index is -0.478. The molecule has 4 saturated heterocycles. The molecule has 8 rings (SSSR count). The Hall–Kier alpha value is -2.72. The maximum absolute atomic E-state index is 13.9. The van der Waals surface area contributed by atoms with E-state index in [1.807, 2.05) is 0 Å². The van der Waals surface area contributed by atoms with Crippen LogP contribution in [0.15, 0.2) is 23.3 Å². The van der Waals surface area contributed by atoms with Gasteiger partial charge in [-0.25, -0.2) is 9.59 Å². The lowest BCUT2D eigenvalue weighted by molar-refractivity contribution is -0.150. The summed E-state index contributed by atoms with van der Waals surface area (Å²) in [7, 11) is 0. The molecule has 10 heteroatoms. The monoisotopic (exact) mass is 662 g/mol. The summed E-state index contributed by atoms with van der Waals surface area (Å²) in [6, 6.07) is 1.02. The smallest absolute Gasteiger partial charge is 0.331 e. The van der Waals surface area contributed by atoms with Crippen molar-refractivity contribution in [1.82, 2.24) is 19.6 Å². The van der Waals surface area contributed by atoms with Crippen LogP contribution in [0, 0.1) is 0 Å². The molecule has 0 unspecified atom stereocenters. The van der Waals surface area contributed by atoms with Crippen LogP contribution in [0.3, 0.4) is 0 Å². The van der Waals surface area contributed by atoms with Crippen molar-refractivity contribution in [2.75, 3.05) is 26.2 Å². The molecule has 6 aliphatic heterocycles. The Labute approximate surface area is 285 Å². The summed E-state index contributed by atoms with van der Waals surface area (Å²) in [5.41, 5.74) is 1.24. The molecule has 8 atom stereocenters. The van der Waals surface area contributed by atoms with Gasteiger partial charge in [-0.15, -0.1) is 0 Å². The molecule has 2 amide bonds. The average Bonchev–Trinajstić information content (AvgIpc) is 3.78. The summed E-state index contributed by atoms with van der Waals surface area (Å²) in [5, 5.41) is 0. The van der Waals surface area contributed by atoms with Crippen molar-refractivity contribution in [3.8, 4) is 0 Å². The first-order valence-electron chi connectivity index (χ1n) is 19.3. The molecule has 6 fully saturated rings. The second kappa shape index (κ2) is 12.6. The Kier molecular flexibility index (Phi) is 8.50. The first kappa shape index (κ1) is 32.5. The topological polar surface area (TPSA) is 99.7 Å². The molecule has 6 heterocycles. The number of esters is 2. The van der Waals surface area contributed by atoms with E-state index in [1.54, 1.807) is 12.2 Å². The van der Waals surface area contributed by atoms with Gasteiger partial charge in [-0.2, -0.15) is 0 Å². The molecular weight excluding hydrogens is 608 g/mol. The van der Waals surface area contributed by atoms with Crippen molar-refractivity contribution in [3.05, 3.63) is 23.3 Å². The second-order valence-electron chi connectivity index (χ2n) is 15.9. The van der Waals surface area contributed by atoms with E-state index in [0.29, 0.717) is 51.6 Å². The van der Waals surface area contributed by atoms with Crippen molar-refractivity contribution < 1.29 is 28.7 Å². The first-order valence-corrected chi connectivity index (χ1v) is 19.3. The van der Waals surface area contributed by atoms with Crippen molar-refractivity contribution in [2.45, 2.75) is 164 Å². The first-order chi connectivity index (χ1) is 23.3. The summed E-state index contributed by atoms with van der Waals surface area (Å²) in [6.07, 6.45) is 17.2. The number of unbranched alkanes of at least 4 members (excludes halogenated alkanes) is 1. The highest BCUT2D eigenvalue weighted by Crippen LogP contribution is 2.56. The number of fused-ring (bicyclic) bond motifs is 6. The minimum Gasteiger partial charge on any atom is -0.450 e. The third-order valence-electron chi connectivity index (χ3n) is 13.4. The van der Waals surface area contributed by atoms with Crippen molar-refractivity contribution in [1.29, 1.82) is 0 Å². The summed E-state index contributed by atoms with van der Waals surface area (Å²) in [6.45, 7) is 7.69. The normalized spacial score (nSPS) is 37.9. The molecule has 8 aliphatic rings. The van der Waals surface area contributed by atoms with Crippen molar-refractivity contribution >= 4 is 23.8 Å².